The van der Waals surface area contributed by atoms with Crippen molar-refractivity contribution in [3.05, 3.63) is 0 Å². The van der Waals surface area contributed by atoms with E-state index in [1.807, 2.05) is 0 Å². The van der Waals surface area contributed by atoms with Crippen LogP contribution in [0, 0.1) is 11.8 Å². The van der Waals surface area contributed by atoms with Gasteiger partial charge in [0, 0.05) is 12.8 Å². The van der Waals surface area contributed by atoms with Gasteiger partial charge in [-0.15, -0.1) is 5.06 Å². The maximum atomic E-state index is 11.6. The highest BCUT2D eigenvalue weighted by Crippen LogP contribution is 2.35. The standard InChI is InChI=1S/C11H13NO6/c1-17-10(15)6-4-7(5-6)11(16)18-12-8(13)2-3-9(12)14/h6-7H,2-5H2,1H3. The minimum Gasteiger partial charge on any atom is -0.469 e. The molecular weight excluding hydrogens is 242 g/mol. The Hall–Kier alpha value is -1.92. The van der Waals surface area contributed by atoms with Crippen LogP contribution in [0.4, 0.5) is 0 Å². The molecule has 0 aromatic heterocycles. The van der Waals surface area contributed by atoms with E-state index in [0.717, 1.165) is 0 Å². The van der Waals surface area contributed by atoms with Crippen LogP contribution in [0.1, 0.15) is 25.7 Å². The Morgan fingerprint density at radius 3 is 2.06 bits per heavy atom. The van der Waals surface area contributed by atoms with Gasteiger partial charge in [-0.1, -0.05) is 0 Å². The number of hydrogen-bond acceptors (Lipinski definition) is 6. The van der Waals surface area contributed by atoms with Crippen molar-refractivity contribution in [2.45, 2.75) is 25.7 Å². The molecule has 0 spiro atoms. The number of amides is 2. The number of methoxy groups -OCH3 is 1. The first-order valence-electron chi connectivity index (χ1n) is 5.68. The second-order valence-electron chi connectivity index (χ2n) is 4.38. The molecule has 18 heavy (non-hydrogen) atoms. The normalized spacial score (nSPS) is 26.8. The minimum atomic E-state index is -0.640. The highest BCUT2D eigenvalue weighted by Gasteiger charge is 2.43. The molecule has 0 N–H and O–H groups in total. The van der Waals surface area contributed by atoms with Crippen LogP contribution in [-0.2, 0) is 28.8 Å². The van der Waals surface area contributed by atoms with E-state index in [0.29, 0.717) is 17.9 Å². The van der Waals surface area contributed by atoms with Crippen molar-refractivity contribution in [3.63, 3.8) is 0 Å². The van der Waals surface area contributed by atoms with E-state index >= 15 is 0 Å². The summed E-state index contributed by atoms with van der Waals surface area (Å²) in [6.07, 6.45) is 0.812. The number of carbonyl (C=O) groups excluding carboxylic acids is 4. The Balaban J connectivity index is 1.82. The summed E-state index contributed by atoms with van der Waals surface area (Å²) in [6, 6.07) is 0. The zero-order chi connectivity index (χ0) is 13.3. The molecule has 0 unspecified atom stereocenters. The Bertz CT molecular complexity index is 396. The molecule has 1 saturated heterocycles. The van der Waals surface area contributed by atoms with Crippen LogP contribution in [-0.4, -0.2) is 35.9 Å². The highest BCUT2D eigenvalue weighted by atomic mass is 16.7. The SMILES string of the molecule is COC(=O)C1CC(C(=O)ON2C(=O)CCC2=O)C1. The van der Waals surface area contributed by atoms with Crippen LogP contribution >= 0.6 is 0 Å². The van der Waals surface area contributed by atoms with Gasteiger partial charge in [-0.3, -0.25) is 14.4 Å². The number of nitrogens with zero attached hydrogens (tertiary/aromatic N) is 1. The first kappa shape index (κ1) is 12.5. The van der Waals surface area contributed by atoms with E-state index in [4.69, 9.17) is 4.84 Å². The molecule has 0 atom stereocenters. The van der Waals surface area contributed by atoms with Gasteiger partial charge in [-0.05, 0) is 12.8 Å². The van der Waals surface area contributed by atoms with Crippen molar-refractivity contribution >= 4 is 23.8 Å². The first-order chi connectivity index (χ1) is 8.52. The largest absolute Gasteiger partial charge is 0.469 e. The van der Waals surface area contributed by atoms with Crippen molar-refractivity contribution < 1.29 is 28.8 Å². The third-order valence-electron chi connectivity index (χ3n) is 3.19. The number of hydrogen-bond donors (Lipinski definition) is 0. The minimum absolute atomic E-state index is 0.0710. The van der Waals surface area contributed by atoms with Gasteiger partial charge in [0.2, 0.25) is 0 Å². The topological polar surface area (TPSA) is 90.0 Å². The quantitative estimate of drug-likeness (QED) is 0.512. The van der Waals surface area contributed by atoms with E-state index in [9.17, 15) is 19.2 Å². The third kappa shape index (κ3) is 2.20. The highest BCUT2D eigenvalue weighted by molar-refractivity contribution is 6.01. The lowest BCUT2D eigenvalue weighted by Gasteiger charge is -2.31. The Morgan fingerprint density at radius 2 is 1.56 bits per heavy atom. The fourth-order valence-electron chi connectivity index (χ4n) is 1.99. The van der Waals surface area contributed by atoms with Crippen LogP contribution < -0.4 is 0 Å². The molecule has 2 rings (SSSR count). The number of imide groups is 1. The number of carbonyl (C=O) groups is 4. The van der Waals surface area contributed by atoms with Crippen LogP contribution in [0.5, 0.6) is 0 Å². The van der Waals surface area contributed by atoms with Crippen molar-refractivity contribution in [2.24, 2.45) is 11.8 Å². The Labute approximate surface area is 103 Å². The molecule has 98 valence electrons. The van der Waals surface area contributed by atoms with E-state index in [1.54, 1.807) is 0 Å². The smallest absolute Gasteiger partial charge is 0.336 e. The molecular formula is C11H13NO6. The number of rotatable bonds is 3. The third-order valence-corrected chi connectivity index (χ3v) is 3.19. The van der Waals surface area contributed by atoms with Gasteiger partial charge >= 0.3 is 11.9 Å². The molecule has 1 heterocycles. The maximum absolute atomic E-state index is 11.6. The van der Waals surface area contributed by atoms with Gasteiger partial charge in [0.15, 0.2) is 0 Å². The molecule has 2 aliphatic rings. The number of hydroxylamine groups is 2. The van der Waals surface area contributed by atoms with Crippen LogP contribution in [0.2, 0.25) is 0 Å². The molecule has 1 aliphatic heterocycles. The average Bonchev–Trinajstić information content (AvgIpc) is 2.58. The summed E-state index contributed by atoms with van der Waals surface area (Å²) in [5.41, 5.74) is 0. The zero-order valence-corrected chi connectivity index (χ0v) is 9.88. The average molecular weight is 255 g/mol. The second kappa shape index (κ2) is 4.75. The maximum Gasteiger partial charge on any atom is 0.336 e. The summed E-state index contributed by atoms with van der Waals surface area (Å²) in [6.45, 7) is 0. The van der Waals surface area contributed by atoms with E-state index in [-0.39, 0.29) is 24.7 Å². The van der Waals surface area contributed by atoms with E-state index < -0.39 is 23.7 Å². The van der Waals surface area contributed by atoms with Crippen LogP contribution in [0.3, 0.4) is 0 Å². The summed E-state index contributed by atoms with van der Waals surface area (Å²) in [5, 5.41) is 0.522. The summed E-state index contributed by atoms with van der Waals surface area (Å²) >= 11 is 0. The van der Waals surface area contributed by atoms with Gasteiger partial charge in [-0.25, -0.2) is 4.79 Å². The molecule has 2 amide bonds. The van der Waals surface area contributed by atoms with E-state index in [1.165, 1.54) is 7.11 Å². The summed E-state index contributed by atoms with van der Waals surface area (Å²) in [5.74, 6) is -2.74. The summed E-state index contributed by atoms with van der Waals surface area (Å²) in [7, 11) is 1.29. The molecule has 7 nitrogen and oxygen atoms in total. The Kier molecular flexibility index (Phi) is 3.31. The first-order valence-corrected chi connectivity index (χ1v) is 5.68. The molecule has 0 aromatic rings. The zero-order valence-electron chi connectivity index (χ0n) is 9.88. The monoisotopic (exact) mass is 255 g/mol. The molecule has 2 fully saturated rings. The Morgan fingerprint density at radius 1 is 1.06 bits per heavy atom. The van der Waals surface area contributed by atoms with Crippen molar-refractivity contribution in [3.8, 4) is 0 Å². The van der Waals surface area contributed by atoms with Crippen LogP contribution in [0.15, 0.2) is 0 Å². The van der Waals surface area contributed by atoms with Gasteiger partial charge in [0.1, 0.15) is 0 Å². The van der Waals surface area contributed by atoms with Gasteiger partial charge < -0.3 is 9.57 Å². The fraction of sp³-hybridized carbons (Fsp3) is 0.636. The van der Waals surface area contributed by atoms with Gasteiger partial charge in [0.05, 0.1) is 18.9 Å². The lowest BCUT2D eigenvalue weighted by atomic mass is 9.75. The van der Waals surface area contributed by atoms with Crippen molar-refractivity contribution in [1.82, 2.24) is 5.06 Å². The van der Waals surface area contributed by atoms with Crippen molar-refractivity contribution in [2.75, 3.05) is 7.11 Å². The molecule has 1 aliphatic carbocycles. The fourth-order valence-corrected chi connectivity index (χ4v) is 1.99. The lowest BCUT2D eigenvalue weighted by molar-refractivity contribution is -0.204. The number of esters is 1. The summed E-state index contributed by atoms with van der Waals surface area (Å²) < 4.78 is 4.54. The van der Waals surface area contributed by atoms with Gasteiger partial charge in [-0.2, -0.15) is 0 Å². The number of ether oxygens (including phenoxy) is 1. The predicted octanol–water partition coefficient (Wildman–Crippen LogP) is -0.207. The second-order valence-corrected chi connectivity index (χ2v) is 4.38. The molecule has 1 saturated carbocycles. The summed E-state index contributed by atoms with van der Waals surface area (Å²) in [4.78, 5) is 49.9. The van der Waals surface area contributed by atoms with Crippen LogP contribution in [0.25, 0.3) is 0 Å². The van der Waals surface area contributed by atoms with Gasteiger partial charge in [0.25, 0.3) is 11.8 Å². The molecule has 0 aromatic carbocycles. The lowest BCUT2D eigenvalue weighted by Crippen LogP contribution is -2.41. The predicted molar refractivity (Wildman–Crippen MR) is 55.4 cm³/mol. The molecule has 7 heteroatoms. The molecule has 0 radical (unpaired) electrons. The van der Waals surface area contributed by atoms with E-state index in [2.05, 4.69) is 4.74 Å². The van der Waals surface area contributed by atoms with Crippen molar-refractivity contribution in [1.29, 1.82) is 0 Å². The molecule has 0 bridgehead atoms.